The van der Waals surface area contributed by atoms with Gasteiger partial charge in [0, 0.05) is 0 Å². The van der Waals surface area contributed by atoms with Crippen molar-refractivity contribution < 1.29 is 0 Å². The third-order valence-electron chi connectivity index (χ3n) is 2.48. The molecule has 3 nitrogen and oxygen atoms in total. The highest BCUT2D eigenvalue weighted by atomic mass is 35.5. The van der Waals surface area contributed by atoms with Crippen molar-refractivity contribution in [1.82, 2.24) is 9.78 Å². The van der Waals surface area contributed by atoms with E-state index in [1.54, 1.807) is 10.7 Å². The van der Waals surface area contributed by atoms with Crippen LogP contribution in [0.4, 0.5) is 0 Å². The van der Waals surface area contributed by atoms with Gasteiger partial charge in [-0.25, -0.2) is 4.68 Å². The lowest BCUT2D eigenvalue weighted by molar-refractivity contribution is 0.833. The van der Waals surface area contributed by atoms with Crippen LogP contribution in [0.1, 0.15) is 17.0 Å². The fraction of sp³-hybridized carbons (Fsp3) is 0.167. The minimum atomic E-state index is 0.611. The van der Waals surface area contributed by atoms with E-state index >= 15 is 0 Å². The monoisotopic (exact) mass is 231 g/mol. The SMILES string of the molecule is Cc1nn(-c2ccccc2Cl)c(C)c1C#N. The molecule has 0 amide bonds. The molecule has 0 atom stereocenters. The Hall–Kier alpha value is -1.79. The van der Waals surface area contributed by atoms with Crippen molar-refractivity contribution in [2.75, 3.05) is 0 Å². The minimum absolute atomic E-state index is 0.611. The largest absolute Gasteiger partial charge is 0.235 e. The molecular weight excluding hydrogens is 222 g/mol. The highest BCUT2D eigenvalue weighted by Gasteiger charge is 2.13. The second-order valence-corrected chi connectivity index (χ2v) is 3.93. The lowest BCUT2D eigenvalue weighted by Crippen LogP contribution is -1.99. The first-order valence-electron chi connectivity index (χ1n) is 4.86. The zero-order valence-electron chi connectivity index (χ0n) is 9.03. The van der Waals surface area contributed by atoms with E-state index in [1.165, 1.54) is 0 Å². The van der Waals surface area contributed by atoms with Gasteiger partial charge in [0.25, 0.3) is 0 Å². The maximum atomic E-state index is 8.99. The normalized spacial score (nSPS) is 10.1. The van der Waals surface area contributed by atoms with E-state index in [9.17, 15) is 0 Å². The lowest BCUT2D eigenvalue weighted by atomic mass is 10.2. The Balaban J connectivity index is 2.68. The Morgan fingerprint density at radius 1 is 1.31 bits per heavy atom. The standard InChI is InChI=1S/C12H10ClN3/c1-8-10(7-14)9(2)16(15-8)12-6-4-3-5-11(12)13/h3-6H,1-2H3. The first kappa shape index (κ1) is 10.7. The Bertz CT molecular complexity index is 578. The lowest BCUT2D eigenvalue weighted by Gasteiger charge is -2.05. The average molecular weight is 232 g/mol. The molecule has 0 bridgehead atoms. The van der Waals surface area contributed by atoms with Gasteiger partial charge in [-0.15, -0.1) is 0 Å². The summed E-state index contributed by atoms with van der Waals surface area (Å²) < 4.78 is 1.70. The van der Waals surface area contributed by atoms with Crippen molar-refractivity contribution in [2.45, 2.75) is 13.8 Å². The first-order valence-corrected chi connectivity index (χ1v) is 5.24. The average Bonchev–Trinajstić information content (AvgIpc) is 2.55. The molecule has 1 aromatic carbocycles. The molecule has 1 aromatic heterocycles. The number of hydrogen-bond acceptors (Lipinski definition) is 2. The van der Waals surface area contributed by atoms with Crippen LogP contribution in [-0.4, -0.2) is 9.78 Å². The number of para-hydroxylation sites is 1. The molecule has 16 heavy (non-hydrogen) atoms. The Morgan fingerprint density at radius 2 is 2.00 bits per heavy atom. The highest BCUT2D eigenvalue weighted by Crippen LogP contribution is 2.23. The molecule has 4 heteroatoms. The summed E-state index contributed by atoms with van der Waals surface area (Å²) in [5, 5.41) is 13.9. The molecular formula is C12H10ClN3. The summed E-state index contributed by atoms with van der Waals surface area (Å²) in [5.41, 5.74) is 2.94. The number of aromatic nitrogens is 2. The fourth-order valence-corrected chi connectivity index (χ4v) is 1.88. The summed E-state index contributed by atoms with van der Waals surface area (Å²) in [6, 6.07) is 9.59. The van der Waals surface area contributed by atoms with Crippen molar-refractivity contribution in [3.05, 3.63) is 46.2 Å². The molecule has 80 valence electrons. The molecule has 0 saturated heterocycles. The van der Waals surface area contributed by atoms with Crippen LogP contribution in [0.3, 0.4) is 0 Å². The summed E-state index contributed by atoms with van der Waals surface area (Å²) in [6.07, 6.45) is 0. The number of aryl methyl sites for hydroxylation is 1. The maximum Gasteiger partial charge on any atom is 0.103 e. The summed E-state index contributed by atoms with van der Waals surface area (Å²) in [4.78, 5) is 0. The summed E-state index contributed by atoms with van der Waals surface area (Å²) in [5.74, 6) is 0. The van der Waals surface area contributed by atoms with E-state index in [0.29, 0.717) is 10.6 Å². The highest BCUT2D eigenvalue weighted by molar-refractivity contribution is 6.32. The van der Waals surface area contributed by atoms with Gasteiger partial charge in [-0.1, -0.05) is 23.7 Å². The smallest absolute Gasteiger partial charge is 0.103 e. The quantitative estimate of drug-likeness (QED) is 0.757. The minimum Gasteiger partial charge on any atom is -0.235 e. The predicted octanol–water partition coefficient (Wildman–Crippen LogP) is 3.01. The summed E-state index contributed by atoms with van der Waals surface area (Å²) >= 11 is 6.09. The second-order valence-electron chi connectivity index (χ2n) is 3.52. The van der Waals surface area contributed by atoms with Gasteiger partial charge in [0.05, 0.1) is 27.7 Å². The van der Waals surface area contributed by atoms with Crippen LogP contribution >= 0.6 is 11.6 Å². The van der Waals surface area contributed by atoms with Gasteiger partial charge in [0.2, 0.25) is 0 Å². The van der Waals surface area contributed by atoms with E-state index in [0.717, 1.165) is 17.1 Å². The third kappa shape index (κ3) is 1.58. The van der Waals surface area contributed by atoms with Crippen LogP contribution in [0.2, 0.25) is 5.02 Å². The van der Waals surface area contributed by atoms with Gasteiger partial charge in [0.15, 0.2) is 0 Å². The molecule has 0 N–H and O–H groups in total. The van der Waals surface area contributed by atoms with Crippen molar-refractivity contribution in [3.8, 4) is 11.8 Å². The van der Waals surface area contributed by atoms with Crippen molar-refractivity contribution in [3.63, 3.8) is 0 Å². The van der Waals surface area contributed by atoms with E-state index in [2.05, 4.69) is 11.2 Å². The van der Waals surface area contributed by atoms with Crippen LogP contribution in [0.5, 0.6) is 0 Å². The zero-order chi connectivity index (χ0) is 11.7. The number of hydrogen-bond donors (Lipinski definition) is 0. The molecule has 0 radical (unpaired) electrons. The summed E-state index contributed by atoms with van der Waals surface area (Å²) in [7, 11) is 0. The molecule has 2 aromatic rings. The number of benzene rings is 1. The molecule has 0 aliphatic heterocycles. The van der Waals surface area contributed by atoms with Crippen molar-refractivity contribution >= 4 is 11.6 Å². The molecule has 0 fully saturated rings. The predicted molar refractivity (Wildman–Crippen MR) is 62.8 cm³/mol. The molecule has 0 unspecified atom stereocenters. The van der Waals surface area contributed by atoms with Crippen LogP contribution in [0.25, 0.3) is 5.69 Å². The number of nitrogens with zero attached hydrogens (tertiary/aromatic N) is 3. The van der Waals surface area contributed by atoms with Gasteiger partial charge in [-0.2, -0.15) is 10.4 Å². The van der Waals surface area contributed by atoms with Gasteiger partial charge < -0.3 is 0 Å². The van der Waals surface area contributed by atoms with Crippen molar-refractivity contribution in [1.29, 1.82) is 5.26 Å². The number of nitriles is 1. The molecule has 0 aliphatic rings. The molecule has 2 rings (SSSR count). The van der Waals surface area contributed by atoms with Gasteiger partial charge in [-0.05, 0) is 26.0 Å². The summed E-state index contributed by atoms with van der Waals surface area (Å²) in [6.45, 7) is 3.68. The molecule has 0 spiro atoms. The van der Waals surface area contributed by atoms with E-state index in [1.807, 2.05) is 32.0 Å². The van der Waals surface area contributed by atoms with Crippen LogP contribution in [0.15, 0.2) is 24.3 Å². The Labute approximate surface area is 98.9 Å². The number of halogens is 1. The van der Waals surface area contributed by atoms with E-state index < -0.39 is 0 Å². The van der Waals surface area contributed by atoms with Gasteiger partial charge in [0.1, 0.15) is 6.07 Å². The van der Waals surface area contributed by atoms with E-state index in [-0.39, 0.29) is 0 Å². The Kier molecular flexibility index (Phi) is 2.67. The molecule has 0 saturated carbocycles. The Morgan fingerprint density at radius 3 is 2.56 bits per heavy atom. The maximum absolute atomic E-state index is 8.99. The third-order valence-corrected chi connectivity index (χ3v) is 2.80. The van der Waals surface area contributed by atoms with Crippen LogP contribution < -0.4 is 0 Å². The zero-order valence-corrected chi connectivity index (χ0v) is 9.78. The second kappa shape index (κ2) is 3.99. The van der Waals surface area contributed by atoms with E-state index in [4.69, 9.17) is 16.9 Å². The molecule has 1 heterocycles. The van der Waals surface area contributed by atoms with Crippen LogP contribution in [0, 0.1) is 25.2 Å². The topological polar surface area (TPSA) is 41.6 Å². The number of rotatable bonds is 1. The fourth-order valence-electron chi connectivity index (χ4n) is 1.66. The van der Waals surface area contributed by atoms with Crippen molar-refractivity contribution in [2.24, 2.45) is 0 Å². The first-order chi connectivity index (χ1) is 7.65. The van der Waals surface area contributed by atoms with Gasteiger partial charge >= 0.3 is 0 Å². The molecule has 0 aliphatic carbocycles. The van der Waals surface area contributed by atoms with Crippen LogP contribution in [-0.2, 0) is 0 Å². The van der Waals surface area contributed by atoms with Gasteiger partial charge in [-0.3, -0.25) is 0 Å².